The first-order chi connectivity index (χ1) is 9.88. The van der Waals surface area contributed by atoms with Gasteiger partial charge in [-0.25, -0.2) is 4.79 Å². The Labute approximate surface area is 121 Å². The van der Waals surface area contributed by atoms with Gasteiger partial charge in [-0.3, -0.25) is 9.78 Å². The fraction of sp³-hybridized carbons (Fsp3) is 0. The molecule has 0 atom stereocenters. The number of aromatic carboxylic acids is 1. The number of hydrogen-bond donors (Lipinski definition) is 5. The molecule has 1 aromatic carbocycles. The van der Waals surface area contributed by atoms with Crippen molar-refractivity contribution in [1.29, 1.82) is 0 Å². The lowest BCUT2D eigenvalue weighted by molar-refractivity contribution is 0.0694. The molecule has 0 aliphatic heterocycles. The summed E-state index contributed by atoms with van der Waals surface area (Å²) in [6.45, 7) is 0. The van der Waals surface area contributed by atoms with Crippen LogP contribution >= 0.6 is 12.2 Å². The summed E-state index contributed by atoms with van der Waals surface area (Å²) in [5, 5.41) is 34.9. The number of aromatic amines is 2. The van der Waals surface area contributed by atoms with Crippen LogP contribution in [0.5, 0.6) is 11.6 Å². The topological polar surface area (TPSA) is 151 Å². The number of nitrogens with zero attached hydrogens (tertiary/aromatic N) is 2. The highest BCUT2D eigenvalue weighted by Gasteiger charge is 2.10. The summed E-state index contributed by atoms with van der Waals surface area (Å²) in [6, 6.07) is 3.49. The van der Waals surface area contributed by atoms with Gasteiger partial charge in [0.15, 0.2) is 4.77 Å². The lowest BCUT2D eigenvalue weighted by atomic mass is 10.2. The van der Waals surface area contributed by atoms with Crippen LogP contribution in [0.25, 0.3) is 0 Å². The zero-order valence-electron chi connectivity index (χ0n) is 10.2. The van der Waals surface area contributed by atoms with Crippen LogP contribution in [0.15, 0.2) is 33.2 Å². The number of aromatic hydroxyl groups is 2. The first-order valence-electron chi connectivity index (χ1n) is 5.42. The van der Waals surface area contributed by atoms with Gasteiger partial charge < -0.3 is 20.3 Å². The van der Waals surface area contributed by atoms with E-state index in [0.29, 0.717) is 0 Å². The highest BCUT2D eigenvalue weighted by Crippen LogP contribution is 2.25. The fourth-order valence-corrected chi connectivity index (χ4v) is 1.62. The molecule has 0 aliphatic carbocycles. The third-order valence-electron chi connectivity index (χ3n) is 2.37. The van der Waals surface area contributed by atoms with E-state index >= 15 is 0 Å². The SMILES string of the molecule is O=C(O)c1cc(N=Nc2c(O)[nH]c(=S)[nH]c2=O)ccc1O. The largest absolute Gasteiger partial charge is 0.507 e. The fourth-order valence-electron chi connectivity index (χ4n) is 1.43. The molecule has 0 amide bonds. The molecule has 0 radical (unpaired) electrons. The Morgan fingerprint density at radius 2 is 1.90 bits per heavy atom. The number of phenols is 1. The van der Waals surface area contributed by atoms with E-state index in [4.69, 9.17) is 5.11 Å². The maximum Gasteiger partial charge on any atom is 0.339 e. The number of rotatable bonds is 3. The minimum atomic E-state index is -1.34. The number of carboxylic acids is 1. The molecule has 0 saturated carbocycles. The molecule has 0 bridgehead atoms. The number of nitrogens with one attached hydrogen (secondary N) is 2. The summed E-state index contributed by atoms with van der Waals surface area (Å²) in [4.78, 5) is 26.9. The van der Waals surface area contributed by atoms with Gasteiger partial charge in [0, 0.05) is 0 Å². The zero-order valence-corrected chi connectivity index (χ0v) is 11.0. The van der Waals surface area contributed by atoms with Crippen LogP contribution in [0.3, 0.4) is 0 Å². The molecule has 0 unspecified atom stereocenters. The first kappa shape index (κ1) is 14.4. The average molecular weight is 308 g/mol. The van der Waals surface area contributed by atoms with E-state index in [1.54, 1.807) is 0 Å². The predicted molar refractivity (Wildman–Crippen MR) is 73.2 cm³/mol. The van der Waals surface area contributed by atoms with E-state index in [0.717, 1.165) is 12.1 Å². The maximum absolute atomic E-state index is 11.5. The van der Waals surface area contributed by atoms with Crippen LogP contribution in [0.2, 0.25) is 0 Å². The zero-order chi connectivity index (χ0) is 15.6. The minimum absolute atomic E-state index is 0.0748. The summed E-state index contributed by atoms with van der Waals surface area (Å²) in [6.07, 6.45) is 0. The Balaban J connectivity index is 2.43. The van der Waals surface area contributed by atoms with E-state index in [1.807, 2.05) is 0 Å². The van der Waals surface area contributed by atoms with Crippen LogP contribution in [0.1, 0.15) is 10.4 Å². The highest BCUT2D eigenvalue weighted by atomic mass is 32.1. The number of aromatic nitrogens is 2. The summed E-state index contributed by atoms with van der Waals surface area (Å²) < 4.78 is -0.0748. The Kier molecular flexibility index (Phi) is 3.80. The van der Waals surface area contributed by atoms with Crippen LogP contribution in [0, 0.1) is 4.77 Å². The van der Waals surface area contributed by atoms with Crippen molar-refractivity contribution in [3.8, 4) is 11.6 Å². The van der Waals surface area contributed by atoms with Gasteiger partial charge in [-0.15, -0.1) is 5.11 Å². The summed E-state index contributed by atoms with van der Waals surface area (Å²) in [5.41, 5.74) is -1.45. The molecule has 0 saturated heterocycles. The number of hydrogen-bond acceptors (Lipinski definition) is 7. The normalized spacial score (nSPS) is 10.9. The second-order valence-electron chi connectivity index (χ2n) is 3.81. The molecule has 9 nitrogen and oxygen atoms in total. The van der Waals surface area contributed by atoms with Crippen molar-refractivity contribution in [2.45, 2.75) is 0 Å². The standard InChI is InChI=1S/C11H8N4O5S/c16-6-2-1-4(3-5(6)10(19)20)14-15-7-8(17)12-11(21)13-9(7)18/h1-3,16H,(H,19,20)(H3,12,13,17,18,21). The molecule has 108 valence electrons. The highest BCUT2D eigenvalue weighted by molar-refractivity contribution is 7.71. The molecular formula is C11H8N4O5S. The van der Waals surface area contributed by atoms with E-state index in [9.17, 15) is 19.8 Å². The number of benzene rings is 1. The van der Waals surface area contributed by atoms with E-state index in [2.05, 4.69) is 32.4 Å². The van der Waals surface area contributed by atoms with E-state index in [-0.39, 0.29) is 16.0 Å². The predicted octanol–water partition coefficient (Wildman–Crippen LogP) is 1.96. The van der Waals surface area contributed by atoms with Crippen LogP contribution < -0.4 is 5.56 Å². The summed E-state index contributed by atoms with van der Waals surface area (Å²) in [5.74, 6) is -2.33. The van der Waals surface area contributed by atoms with Crippen molar-refractivity contribution in [2.75, 3.05) is 0 Å². The molecule has 1 heterocycles. The summed E-state index contributed by atoms with van der Waals surface area (Å²) in [7, 11) is 0. The molecule has 1 aromatic heterocycles. The number of azo groups is 1. The smallest absolute Gasteiger partial charge is 0.339 e. The van der Waals surface area contributed by atoms with Crippen molar-refractivity contribution in [3.05, 3.63) is 38.9 Å². The lowest BCUT2D eigenvalue weighted by Crippen LogP contribution is -2.06. The van der Waals surface area contributed by atoms with Gasteiger partial charge >= 0.3 is 5.97 Å². The second-order valence-corrected chi connectivity index (χ2v) is 4.22. The minimum Gasteiger partial charge on any atom is -0.507 e. The second kappa shape index (κ2) is 5.54. The Morgan fingerprint density at radius 1 is 1.19 bits per heavy atom. The Hall–Kier alpha value is -3.01. The van der Waals surface area contributed by atoms with Crippen molar-refractivity contribution in [1.82, 2.24) is 9.97 Å². The number of H-pyrrole nitrogens is 2. The van der Waals surface area contributed by atoms with Crippen molar-refractivity contribution in [3.63, 3.8) is 0 Å². The molecule has 2 aromatic rings. The molecule has 0 fully saturated rings. The van der Waals surface area contributed by atoms with Crippen LogP contribution in [0.4, 0.5) is 11.4 Å². The van der Waals surface area contributed by atoms with Crippen LogP contribution in [-0.2, 0) is 0 Å². The van der Waals surface area contributed by atoms with Crippen LogP contribution in [-0.4, -0.2) is 31.3 Å². The summed E-state index contributed by atoms with van der Waals surface area (Å²) >= 11 is 4.65. The molecule has 21 heavy (non-hydrogen) atoms. The monoisotopic (exact) mass is 308 g/mol. The average Bonchev–Trinajstić information content (AvgIpc) is 2.38. The van der Waals surface area contributed by atoms with Gasteiger partial charge in [-0.05, 0) is 30.4 Å². The Morgan fingerprint density at radius 3 is 2.52 bits per heavy atom. The molecule has 0 spiro atoms. The van der Waals surface area contributed by atoms with Crippen molar-refractivity contribution >= 4 is 29.6 Å². The van der Waals surface area contributed by atoms with Gasteiger partial charge in [0.2, 0.25) is 11.6 Å². The third kappa shape index (κ3) is 3.12. The number of carbonyl (C=O) groups is 1. The number of carboxylic acid groups (broad SMARTS) is 1. The Bertz CT molecular complexity index is 854. The third-order valence-corrected chi connectivity index (χ3v) is 2.58. The molecule has 0 aliphatic rings. The lowest BCUT2D eigenvalue weighted by Gasteiger charge is -2.00. The van der Waals surface area contributed by atoms with Gasteiger partial charge in [-0.2, -0.15) is 5.11 Å². The first-order valence-corrected chi connectivity index (χ1v) is 5.83. The van der Waals surface area contributed by atoms with Crippen molar-refractivity contribution < 1.29 is 20.1 Å². The van der Waals surface area contributed by atoms with Crippen molar-refractivity contribution in [2.24, 2.45) is 10.2 Å². The van der Waals surface area contributed by atoms with E-state index < -0.39 is 28.8 Å². The molecular weight excluding hydrogens is 300 g/mol. The molecule has 10 heteroatoms. The van der Waals surface area contributed by atoms with E-state index in [1.165, 1.54) is 6.07 Å². The maximum atomic E-state index is 11.5. The molecule has 5 N–H and O–H groups in total. The molecule has 2 rings (SSSR count). The quantitative estimate of drug-likeness (QED) is 0.432. The van der Waals surface area contributed by atoms with Gasteiger partial charge in [0.1, 0.15) is 11.3 Å². The van der Waals surface area contributed by atoms with Gasteiger partial charge in [0.25, 0.3) is 5.56 Å². The van der Waals surface area contributed by atoms with Gasteiger partial charge in [0.05, 0.1) is 5.69 Å². The van der Waals surface area contributed by atoms with Gasteiger partial charge in [-0.1, -0.05) is 0 Å².